The Labute approximate surface area is 182 Å². The zero-order chi connectivity index (χ0) is 20.8. The fourth-order valence-corrected chi connectivity index (χ4v) is 4.78. The molecule has 0 spiro atoms. The molecule has 4 rings (SSSR count). The lowest BCUT2D eigenvalue weighted by Gasteiger charge is -2.37. The number of amides is 1. The van der Waals surface area contributed by atoms with Crippen LogP contribution in [0.25, 0.3) is 0 Å². The number of carbonyl (C=O) groups excluding carboxylic acids is 1. The summed E-state index contributed by atoms with van der Waals surface area (Å²) in [6.07, 6.45) is 1.74. The largest absolute Gasteiger partial charge is 0.331 e. The van der Waals surface area contributed by atoms with E-state index in [1.807, 2.05) is 17.9 Å². The molecule has 1 aliphatic rings. The zero-order valence-corrected chi connectivity index (χ0v) is 18.0. The van der Waals surface area contributed by atoms with E-state index in [0.717, 1.165) is 31.9 Å². The van der Waals surface area contributed by atoms with Crippen molar-refractivity contribution in [1.82, 2.24) is 14.9 Å². The Morgan fingerprint density at radius 2 is 1.60 bits per heavy atom. The third-order valence-corrected chi connectivity index (χ3v) is 6.38. The molecule has 0 aliphatic carbocycles. The number of hydrogen-bond donors (Lipinski definition) is 1. The summed E-state index contributed by atoms with van der Waals surface area (Å²) < 4.78 is 0. The van der Waals surface area contributed by atoms with Crippen molar-refractivity contribution in [2.24, 2.45) is 0 Å². The van der Waals surface area contributed by atoms with Gasteiger partial charge in [-0.25, -0.2) is 9.97 Å². The Balaban J connectivity index is 1.39. The Hall–Kier alpha value is -2.70. The number of quaternary nitrogens is 1. The molecule has 0 radical (unpaired) electrons. The monoisotopic (exact) mass is 419 g/mol. The lowest BCUT2D eigenvalue weighted by atomic mass is 9.96. The second-order valence-corrected chi connectivity index (χ2v) is 8.51. The molecule has 154 valence electrons. The lowest BCUT2D eigenvalue weighted by Crippen LogP contribution is -3.15. The Morgan fingerprint density at radius 1 is 1.00 bits per heavy atom. The topological polar surface area (TPSA) is 50.5 Å². The number of nitrogens with one attached hydrogen (secondary N) is 1. The summed E-state index contributed by atoms with van der Waals surface area (Å²) in [6, 6.07) is 23.5. The van der Waals surface area contributed by atoms with Crippen molar-refractivity contribution < 1.29 is 9.69 Å². The molecule has 1 amide bonds. The molecule has 1 fully saturated rings. The van der Waals surface area contributed by atoms with Crippen molar-refractivity contribution in [1.29, 1.82) is 0 Å². The third kappa shape index (κ3) is 5.07. The van der Waals surface area contributed by atoms with Crippen LogP contribution in [0.4, 0.5) is 0 Å². The number of aromatic nitrogens is 2. The highest BCUT2D eigenvalue weighted by Crippen LogP contribution is 2.19. The van der Waals surface area contributed by atoms with E-state index in [2.05, 4.69) is 70.6 Å². The van der Waals surface area contributed by atoms with Gasteiger partial charge < -0.3 is 9.80 Å². The van der Waals surface area contributed by atoms with E-state index in [0.29, 0.717) is 17.0 Å². The van der Waals surface area contributed by atoms with E-state index in [1.165, 1.54) is 27.8 Å². The molecule has 1 saturated heterocycles. The maximum absolute atomic E-state index is 12.7. The van der Waals surface area contributed by atoms with Gasteiger partial charge in [-0.15, -0.1) is 0 Å². The quantitative estimate of drug-likeness (QED) is 0.492. The number of nitrogens with zero attached hydrogens (tertiary/aromatic N) is 3. The van der Waals surface area contributed by atoms with Gasteiger partial charge in [0.15, 0.2) is 5.16 Å². The standard InChI is InChI=1S/C24H26N4OS/c1-19-12-13-25-24(26-19)30-18-22(29)27-14-16-28(17-15-27)23(20-8-4-2-5-9-20)21-10-6-3-7-11-21/h2-13,23H,14-18H2,1H3/p+1. The summed E-state index contributed by atoms with van der Waals surface area (Å²) in [4.78, 5) is 24.8. The second kappa shape index (κ2) is 9.87. The molecule has 30 heavy (non-hydrogen) atoms. The van der Waals surface area contributed by atoms with Crippen molar-refractivity contribution in [3.63, 3.8) is 0 Å². The van der Waals surface area contributed by atoms with E-state index in [4.69, 9.17) is 0 Å². The van der Waals surface area contributed by atoms with E-state index in [1.54, 1.807) is 6.20 Å². The molecule has 2 heterocycles. The van der Waals surface area contributed by atoms with Gasteiger partial charge in [0.1, 0.15) is 6.04 Å². The number of carbonyl (C=O) groups is 1. The molecule has 1 aliphatic heterocycles. The van der Waals surface area contributed by atoms with Crippen LogP contribution in [0, 0.1) is 6.92 Å². The van der Waals surface area contributed by atoms with Crippen LogP contribution < -0.4 is 4.90 Å². The first-order valence-corrected chi connectivity index (χ1v) is 11.3. The van der Waals surface area contributed by atoms with Gasteiger partial charge >= 0.3 is 0 Å². The number of thioether (sulfide) groups is 1. The van der Waals surface area contributed by atoms with E-state index < -0.39 is 0 Å². The van der Waals surface area contributed by atoms with Crippen molar-refractivity contribution in [3.05, 3.63) is 89.7 Å². The van der Waals surface area contributed by atoms with Gasteiger partial charge in [-0.2, -0.15) is 0 Å². The van der Waals surface area contributed by atoms with Crippen LogP contribution in [0.3, 0.4) is 0 Å². The Bertz CT molecular complexity index is 920. The number of hydrogen-bond acceptors (Lipinski definition) is 4. The summed E-state index contributed by atoms with van der Waals surface area (Å²) in [5.41, 5.74) is 3.57. The first kappa shape index (κ1) is 20.6. The Morgan fingerprint density at radius 3 is 2.17 bits per heavy atom. The highest BCUT2D eigenvalue weighted by Gasteiger charge is 2.31. The summed E-state index contributed by atoms with van der Waals surface area (Å²) in [7, 11) is 0. The molecule has 0 atom stereocenters. The SMILES string of the molecule is Cc1ccnc(SCC(=O)N2CC[NH+](C(c3ccccc3)c3ccccc3)CC2)n1. The predicted octanol–water partition coefficient (Wildman–Crippen LogP) is 2.39. The van der Waals surface area contributed by atoms with Crippen molar-refractivity contribution in [2.75, 3.05) is 31.9 Å². The molecule has 0 saturated carbocycles. The van der Waals surface area contributed by atoms with Gasteiger partial charge in [-0.05, 0) is 13.0 Å². The van der Waals surface area contributed by atoms with Crippen molar-refractivity contribution in [3.8, 4) is 0 Å². The summed E-state index contributed by atoms with van der Waals surface area (Å²) in [6.45, 7) is 5.36. The highest BCUT2D eigenvalue weighted by molar-refractivity contribution is 7.99. The van der Waals surface area contributed by atoms with Crippen LogP contribution in [0.2, 0.25) is 0 Å². The molecule has 1 aromatic heterocycles. The van der Waals surface area contributed by atoms with Crippen molar-refractivity contribution >= 4 is 17.7 Å². The molecule has 6 heteroatoms. The van der Waals surface area contributed by atoms with Gasteiger partial charge in [0, 0.05) is 23.0 Å². The van der Waals surface area contributed by atoms with Gasteiger partial charge in [0.2, 0.25) is 5.91 Å². The average Bonchev–Trinajstić information content (AvgIpc) is 2.80. The van der Waals surface area contributed by atoms with Gasteiger partial charge in [0.25, 0.3) is 0 Å². The Kier molecular flexibility index (Phi) is 6.77. The maximum atomic E-state index is 12.7. The predicted molar refractivity (Wildman–Crippen MR) is 119 cm³/mol. The fraction of sp³-hybridized carbons (Fsp3) is 0.292. The average molecular weight is 420 g/mol. The van der Waals surface area contributed by atoms with Gasteiger partial charge in [0.05, 0.1) is 31.9 Å². The fourth-order valence-electron chi connectivity index (χ4n) is 4.00. The molecule has 2 aromatic carbocycles. The molecule has 0 bridgehead atoms. The smallest absolute Gasteiger partial charge is 0.233 e. The minimum absolute atomic E-state index is 0.167. The van der Waals surface area contributed by atoms with Crippen LogP contribution in [0.1, 0.15) is 22.9 Å². The molecular formula is C24H27N4OS+. The van der Waals surface area contributed by atoms with Crippen LogP contribution >= 0.6 is 11.8 Å². The number of rotatable bonds is 6. The number of piperazine rings is 1. The molecule has 1 N–H and O–H groups in total. The van der Waals surface area contributed by atoms with Gasteiger partial charge in [-0.1, -0.05) is 72.4 Å². The lowest BCUT2D eigenvalue weighted by molar-refractivity contribution is -0.929. The number of aryl methyl sites for hydroxylation is 1. The van der Waals surface area contributed by atoms with Crippen LogP contribution in [0.15, 0.2) is 78.1 Å². The van der Waals surface area contributed by atoms with E-state index in [9.17, 15) is 4.79 Å². The van der Waals surface area contributed by atoms with E-state index in [-0.39, 0.29) is 5.91 Å². The van der Waals surface area contributed by atoms with E-state index >= 15 is 0 Å². The van der Waals surface area contributed by atoms with Gasteiger partial charge in [-0.3, -0.25) is 4.79 Å². The summed E-state index contributed by atoms with van der Waals surface area (Å²) >= 11 is 1.42. The molecule has 3 aromatic rings. The second-order valence-electron chi connectivity index (χ2n) is 7.56. The number of benzene rings is 2. The zero-order valence-electron chi connectivity index (χ0n) is 17.2. The maximum Gasteiger partial charge on any atom is 0.233 e. The summed E-state index contributed by atoms with van der Waals surface area (Å²) in [5, 5.41) is 0.667. The molecule has 5 nitrogen and oxygen atoms in total. The van der Waals surface area contributed by atoms with Crippen LogP contribution in [-0.4, -0.2) is 52.7 Å². The van der Waals surface area contributed by atoms with Crippen LogP contribution in [0.5, 0.6) is 0 Å². The first-order valence-electron chi connectivity index (χ1n) is 10.4. The summed E-state index contributed by atoms with van der Waals surface area (Å²) in [5.74, 6) is 0.555. The van der Waals surface area contributed by atoms with Crippen molar-refractivity contribution in [2.45, 2.75) is 18.1 Å². The first-order chi connectivity index (χ1) is 14.7. The molecule has 0 unspecified atom stereocenters. The highest BCUT2D eigenvalue weighted by atomic mass is 32.2. The normalized spacial score (nSPS) is 14.8. The molecular weight excluding hydrogens is 392 g/mol. The third-order valence-electron chi connectivity index (χ3n) is 5.53. The minimum atomic E-state index is 0.167. The minimum Gasteiger partial charge on any atom is -0.331 e. The van der Waals surface area contributed by atoms with Crippen LogP contribution in [-0.2, 0) is 4.79 Å².